The van der Waals surface area contributed by atoms with Crippen molar-refractivity contribution in [2.45, 2.75) is 19.5 Å². The van der Waals surface area contributed by atoms with Crippen LogP contribution in [0.4, 0.5) is 13.2 Å². The van der Waals surface area contributed by atoms with E-state index in [4.69, 9.17) is 4.74 Å². The van der Waals surface area contributed by atoms with Crippen molar-refractivity contribution in [2.75, 3.05) is 6.61 Å². The van der Waals surface area contributed by atoms with Gasteiger partial charge in [-0.3, -0.25) is 4.79 Å². The monoisotopic (exact) mass is 314 g/mol. The Labute approximate surface area is 124 Å². The number of ether oxygens (including phenoxy) is 1. The molecule has 2 rings (SSSR count). The van der Waals surface area contributed by atoms with Crippen molar-refractivity contribution in [2.24, 2.45) is 0 Å². The first-order valence-electron chi connectivity index (χ1n) is 6.32. The third-order valence-electron chi connectivity index (χ3n) is 2.78. The molecule has 21 heavy (non-hydrogen) atoms. The number of esters is 1. The first-order valence-corrected chi connectivity index (χ1v) is 7.13. The summed E-state index contributed by atoms with van der Waals surface area (Å²) in [6, 6.07) is 8.56. The quantitative estimate of drug-likeness (QED) is 0.775. The zero-order valence-electron chi connectivity index (χ0n) is 11.2. The van der Waals surface area contributed by atoms with E-state index in [0.29, 0.717) is 12.2 Å². The maximum atomic E-state index is 12.5. The lowest BCUT2D eigenvalue weighted by Crippen LogP contribution is -2.06. The minimum atomic E-state index is -4.33. The van der Waals surface area contributed by atoms with Gasteiger partial charge in [0.15, 0.2) is 0 Å². The standard InChI is InChI=1S/C15H13F3O2S/c1-2-20-14(19)9-12-7-8-13(21-12)10-3-5-11(6-4-10)15(16,17)18/h3-8H,2,9H2,1H3. The lowest BCUT2D eigenvalue weighted by molar-refractivity contribution is -0.142. The number of carbonyl (C=O) groups excluding carboxylic acids is 1. The molecule has 0 atom stereocenters. The maximum Gasteiger partial charge on any atom is 0.416 e. The highest BCUT2D eigenvalue weighted by Gasteiger charge is 2.30. The molecule has 1 heterocycles. The van der Waals surface area contributed by atoms with E-state index in [9.17, 15) is 18.0 Å². The topological polar surface area (TPSA) is 26.3 Å². The Bertz CT molecular complexity index is 615. The molecule has 0 bridgehead atoms. The second-order valence-corrected chi connectivity index (χ2v) is 5.49. The summed E-state index contributed by atoms with van der Waals surface area (Å²) in [4.78, 5) is 13.0. The van der Waals surface area contributed by atoms with Crippen LogP contribution >= 0.6 is 11.3 Å². The van der Waals surface area contributed by atoms with Gasteiger partial charge >= 0.3 is 12.1 Å². The minimum absolute atomic E-state index is 0.180. The average molecular weight is 314 g/mol. The molecule has 0 aliphatic rings. The largest absolute Gasteiger partial charge is 0.466 e. The molecule has 0 fully saturated rings. The zero-order chi connectivity index (χ0) is 15.5. The first kappa shape index (κ1) is 15.6. The van der Waals surface area contributed by atoms with Crippen LogP contribution in [0.1, 0.15) is 17.4 Å². The van der Waals surface area contributed by atoms with Crippen LogP contribution < -0.4 is 0 Å². The molecule has 0 saturated heterocycles. The molecule has 0 unspecified atom stereocenters. The highest BCUT2D eigenvalue weighted by atomic mass is 32.1. The molecule has 0 spiro atoms. The van der Waals surface area contributed by atoms with Crippen LogP contribution in [0.2, 0.25) is 0 Å². The third-order valence-corrected chi connectivity index (χ3v) is 3.92. The third kappa shape index (κ3) is 4.07. The number of hydrogen-bond donors (Lipinski definition) is 0. The van der Waals surface area contributed by atoms with Crippen LogP contribution in [0, 0.1) is 0 Å². The zero-order valence-corrected chi connectivity index (χ0v) is 12.1. The highest BCUT2D eigenvalue weighted by molar-refractivity contribution is 7.15. The summed E-state index contributed by atoms with van der Waals surface area (Å²) in [7, 11) is 0. The van der Waals surface area contributed by atoms with Crippen LogP contribution in [0.3, 0.4) is 0 Å². The second-order valence-electron chi connectivity index (χ2n) is 4.32. The Morgan fingerprint density at radius 3 is 2.38 bits per heavy atom. The van der Waals surface area contributed by atoms with Gasteiger partial charge in [0.25, 0.3) is 0 Å². The SMILES string of the molecule is CCOC(=O)Cc1ccc(-c2ccc(C(F)(F)F)cc2)s1. The van der Waals surface area contributed by atoms with Gasteiger partial charge in [-0.15, -0.1) is 11.3 Å². The second kappa shape index (κ2) is 6.30. The van der Waals surface area contributed by atoms with Crippen molar-refractivity contribution in [1.82, 2.24) is 0 Å². The summed E-state index contributed by atoms with van der Waals surface area (Å²) >= 11 is 1.37. The molecule has 0 amide bonds. The Hall–Kier alpha value is -1.82. The van der Waals surface area contributed by atoms with Crippen molar-refractivity contribution < 1.29 is 22.7 Å². The smallest absolute Gasteiger partial charge is 0.416 e. The molecule has 0 radical (unpaired) electrons. The summed E-state index contributed by atoms with van der Waals surface area (Å²) < 4.78 is 42.3. The average Bonchev–Trinajstić information content (AvgIpc) is 2.86. The Balaban J connectivity index is 2.12. The summed E-state index contributed by atoms with van der Waals surface area (Å²) in [5.74, 6) is -0.307. The molecule has 6 heteroatoms. The van der Waals surface area contributed by atoms with E-state index in [1.165, 1.54) is 23.5 Å². The van der Waals surface area contributed by atoms with E-state index in [-0.39, 0.29) is 12.4 Å². The molecule has 0 aliphatic heterocycles. The maximum absolute atomic E-state index is 12.5. The number of benzene rings is 1. The molecule has 2 nitrogen and oxygen atoms in total. The molecule has 0 saturated carbocycles. The van der Waals surface area contributed by atoms with Crippen molar-refractivity contribution in [3.63, 3.8) is 0 Å². The van der Waals surface area contributed by atoms with Crippen molar-refractivity contribution in [3.8, 4) is 10.4 Å². The van der Waals surface area contributed by atoms with Gasteiger partial charge < -0.3 is 4.74 Å². The fraction of sp³-hybridized carbons (Fsp3) is 0.267. The van der Waals surface area contributed by atoms with Gasteiger partial charge in [-0.05, 0) is 36.8 Å². The summed E-state index contributed by atoms with van der Waals surface area (Å²) in [6.07, 6.45) is -4.15. The van der Waals surface area contributed by atoms with Crippen molar-refractivity contribution in [1.29, 1.82) is 0 Å². The molecule has 0 N–H and O–H groups in total. The normalized spacial score (nSPS) is 11.4. The highest BCUT2D eigenvalue weighted by Crippen LogP contribution is 2.33. The molecule has 112 valence electrons. The number of alkyl halides is 3. The van der Waals surface area contributed by atoms with E-state index in [0.717, 1.165) is 21.9 Å². The van der Waals surface area contributed by atoms with Crippen molar-refractivity contribution in [3.05, 3.63) is 46.8 Å². The number of carbonyl (C=O) groups is 1. The summed E-state index contributed by atoms with van der Waals surface area (Å²) in [5, 5.41) is 0. The fourth-order valence-corrected chi connectivity index (χ4v) is 2.80. The Kier molecular flexibility index (Phi) is 4.67. The van der Waals surface area contributed by atoms with E-state index in [1.807, 2.05) is 0 Å². The van der Waals surface area contributed by atoms with Gasteiger partial charge in [0.05, 0.1) is 18.6 Å². The van der Waals surface area contributed by atoms with E-state index < -0.39 is 11.7 Å². The Morgan fingerprint density at radius 1 is 1.14 bits per heavy atom. The summed E-state index contributed by atoms with van der Waals surface area (Å²) in [6.45, 7) is 2.07. The van der Waals surface area contributed by atoms with Crippen LogP contribution in [-0.4, -0.2) is 12.6 Å². The van der Waals surface area contributed by atoms with Crippen LogP contribution in [-0.2, 0) is 22.1 Å². The lowest BCUT2D eigenvalue weighted by Gasteiger charge is -2.06. The number of rotatable bonds is 4. The fourth-order valence-electron chi connectivity index (χ4n) is 1.81. The van der Waals surface area contributed by atoms with Gasteiger partial charge in [0, 0.05) is 9.75 Å². The lowest BCUT2D eigenvalue weighted by atomic mass is 10.1. The summed E-state index contributed by atoms with van der Waals surface area (Å²) in [5.41, 5.74) is 0.0256. The van der Waals surface area contributed by atoms with E-state index in [1.54, 1.807) is 19.1 Å². The number of hydrogen-bond acceptors (Lipinski definition) is 3. The predicted molar refractivity (Wildman–Crippen MR) is 75.1 cm³/mol. The molecular formula is C15H13F3O2S. The van der Waals surface area contributed by atoms with Crippen LogP contribution in [0.15, 0.2) is 36.4 Å². The first-order chi connectivity index (χ1) is 9.90. The van der Waals surface area contributed by atoms with Crippen LogP contribution in [0.5, 0.6) is 0 Å². The predicted octanol–water partition coefficient (Wildman–Crippen LogP) is 4.54. The molecule has 1 aromatic carbocycles. The van der Waals surface area contributed by atoms with Gasteiger partial charge in [-0.25, -0.2) is 0 Å². The van der Waals surface area contributed by atoms with E-state index in [2.05, 4.69) is 0 Å². The molecular weight excluding hydrogens is 301 g/mol. The number of thiophene rings is 1. The molecule has 1 aromatic heterocycles. The van der Waals surface area contributed by atoms with Crippen LogP contribution in [0.25, 0.3) is 10.4 Å². The van der Waals surface area contributed by atoms with Gasteiger partial charge in [0.1, 0.15) is 0 Å². The Morgan fingerprint density at radius 2 is 1.81 bits per heavy atom. The molecule has 0 aliphatic carbocycles. The van der Waals surface area contributed by atoms with Gasteiger partial charge in [0.2, 0.25) is 0 Å². The van der Waals surface area contributed by atoms with Gasteiger partial charge in [-0.2, -0.15) is 13.2 Å². The van der Waals surface area contributed by atoms with E-state index >= 15 is 0 Å². The number of halogens is 3. The van der Waals surface area contributed by atoms with Crippen molar-refractivity contribution >= 4 is 17.3 Å². The minimum Gasteiger partial charge on any atom is -0.466 e. The van der Waals surface area contributed by atoms with Gasteiger partial charge in [-0.1, -0.05) is 12.1 Å². The molecule has 2 aromatic rings.